The molecule has 0 saturated carbocycles. The summed E-state index contributed by atoms with van der Waals surface area (Å²) >= 11 is 1.71. The molecule has 5 heteroatoms. The van der Waals surface area contributed by atoms with Crippen LogP contribution in [0.15, 0.2) is 52.9 Å². The van der Waals surface area contributed by atoms with Crippen LogP contribution in [0.5, 0.6) is 0 Å². The van der Waals surface area contributed by atoms with E-state index in [2.05, 4.69) is 60.7 Å². The minimum atomic E-state index is -0.355. The lowest BCUT2D eigenvalue weighted by molar-refractivity contribution is -0.123. The highest BCUT2D eigenvalue weighted by molar-refractivity contribution is 7.98. The molecule has 1 heterocycles. The average molecular weight is 465 g/mol. The van der Waals surface area contributed by atoms with E-state index >= 15 is 0 Å². The molecule has 2 aromatic rings. The predicted molar refractivity (Wildman–Crippen MR) is 138 cm³/mol. The third kappa shape index (κ3) is 4.95. The number of fused-ring (bicyclic) bond motifs is 1. The molecule has 0 radical (unpaired) electrons. The van der Waals surface area contributed by atoms with Crippen LogP contribution in [0.25, 0.3) is 17.2 Å². The lowest BCUT2D eigenvalue weighted by atomic mass is 9.92. The van der Waals surface area contributed by atoms with Gasteiger partial charge in [-0.25, -0.2) is 4.39 Å². The number of hydrogen-bond donors (Lipinski definition) is 1. The third-order valence-corrected chi connectivity index (χ3v) is 7.78. The Kier molecular flexibility index (Phi) is 7.40. The summed E-state index contributed by atoms with van der Waals surface area (Å²) in [5.74, 6) is -0.623. The highest BCUT2D eigenvalue weighted by atomic mass is 32.2. The first-order valence-electron chi connectivity index (χ1n) is 11.8. The van der Waals surface area contributed by atoms with Crippen molar-refractivity contribution in [2.45, 2.75) is 44.6 Å². The summed E-state index contributed by atoms with van der Waals surface area (Å²) < 4.78 is 14.2. The topological polar surface area (TPSA) is 32.3 Å². The number of halogens is 1. The average Bonchev–Trinajstić information content (AvgIpc) is 3.39. The first-order valence-corrected chi connectivity index (χ1v) is 13.0. The van der Waals surface area contributed by atoms with Crippen LogP contribution < -0.4 is 5.32 Å². The Morgan fingerprint density at radius 1 is 1.24 bits per heavy atom. The molecule has 1 aliphatic carbocycles. The monoisotopic (exact) mass is 464 g/mol. The van der Waals surface area contributed by atoms with Gasteiger partial charge in [-0.2, -0.15) is 0 Å². The highest BCUT2D eigenvalue weighted by Gasteiger charge is 2.31. The second-order valence-corrected chi connectivity index (χ2v) is 9.83. The molecule has 1 fully saturated rings. The van der Waals surface area contributed by atoms with E-state index in [1.54, 1.807) is 17.8 Å². The first-order chi connectivity index (χ1) is 15.9. The van der Waals surface area contributed by atoms with Crippen molar-refractivity contribution < 1.29 is 9.18 Å². The first kappa shape index (κ1) is 23.8. The van der Waals surface area contributed by atoms with E-state index in [1.807, 2.05) is 13.0 Å². The van der Waals surface area contributed by atoms with Gasteiger partial charge in [0.1, 0.15) is 5.82 Å². The molecule has 0 spiro atoms. The van der Waals surface area contributed by atoms with Crippen LogP contribution in [0, 0.1) is 11.7 Å². The summed E-state index contributed by atoms with van der Waals surface area (Å²) in [6, 6.07) is 13.7. The number of nitrogens with zero attached hydrogens (tertiary/aromatic N) is 1. The molecule has 1 amide bonds. The van der Waals surface area contributed by atoms with Gasteiger partial charge in [0.15, 0.2) is 0 Å². The zero-order valence-corrected chi connectivity index (χ0v) is 20.8. The minimum absolute atomic E-state index is 0.00749. The second-order valence-electron chi connectivity index (χ2n) is 8.95. The van der Waals surface area contributed by atoms with Gasteiger partial charge in [-0.15, -0.1) is 11.8 Å². The molecule has 33 heavy (non-hydrogen) atoms. The summed E-state index contributed by atoms with van der Waals surface area (Å²) in [5.41, 5.74) is 5.95. The molecule has 0 bridgehead atoms. The molecule has 174 valence electrons. The number of allylic oxidation sites excluding steroid dienone is 2. The van der Waals surface area contributed by atoms with Crippen molar-refractivity contribution in [2.24, 2.45) is 5.92 Å². The molecule has 1 aliphatic heterocycles. The molecule has 2 aliphatic rings. The highest BCUT2D eigenvalue weighted by Crippen LogP contribution is 2.45. The molecular formula is C28H33FN2OS. The molecule has 1 N–H and O–H groups in total. The Hall–Kier alpha value is -2.37. The van der Waals surface area contributed by atoms with Crippen molar-refractivity contribution in [1.82, 2.24) is 10.2 Å². The number of thioether (sulfide) groups is 1. The predicted octanol–water partition coefficient (Wildman–Crippen LogP) is 6.11. The van der Waals surface area contributed by atoms with Gasteiger partial charge in [-0.3, -0.25) is 9.69 Å². The van der Waals surface area contributed by atoms with E-state index in [1.165, 1.54) is 17.4 Å². The van der Waals surface area contributed by atoms with Crippen molar-refractivity contribution in [3.05, 3.63) is 70.5 Å². The van der Waals surface area contributed by atoms with Gasteiger partial charge >= 0.3 is 0 Å². The number of amides is 1. The molecule has 3 nitrogen and oxygen atoms in total. The quantitative estimate of drug-likeness (QED) is 0.502. The summed E-state index contributed by atoms with van der Waals surface area (Å²) in [6.45, 7) is 8.95. The lowest BCUT2D eigenvalue weighted by Crippen LogP contribution is -2.41. The Balaban J connectivity index is 1.62. The summed E-state index contributed by atoms with van der Waals surface area (Å²) in [6.07, 6.45) is 6.52. The van der Waals surface area contributed by atoms with Gasteiger partial charge in [0.2, 0.25) is 5.91 Å². The third-order valence-electron chi connectivity index (χ3n) is 7.04. The summed E-state index contributed by atoms with van der Waals surface area (Å²) in [5, 5.41) is 3.18. The second kappa shape index (κ2) is 10.3. The van der Waals surface area contributed by atoms with Crippen LogP contribution in [-0.4, -0.2) is 42.7 Å². The van der Waals surface area contributed by atoms with E-state index in [-0.39, 0.29) is 17.6 Å². The van der Waals surface area contributed by atoms with Crippen molar-refractivity contribution in [3.8, 4) is 0 Å². The maximum atomic E-state index is 14.2. The Bertz CT molecular complexity index is 1090. The van der Waals surface area contributed by atoms with Crippen molar-refractivity contribution >= 4 is 34.9 Å². The zero-order chi connectivity index (χ0) is 23.5. The van der Waals surface area contributed by atoms with Crippen LogP contribution in [0.4, 0.5) is 4.39 Å². The fraction of sp³-hybridized carbons (Fsp3) is 0.393. The zero-order valence-electron chi connectivity index (χ0n) is 20.0. The summed E-state index contributed by atoms with van der Waals surface area (Å²) in [4.78, 5) is 16.8. The maximum Gasteiger partial charge on any atom is 0.227 e. The van der Waals surface area contributed by atoms with E-state index < -0.39 is 0 Å². The van der Waals surface area contributed by atoms with Crippen molar-refractivity contribution in [1.29, 1.82) is 0 Å². The van der Waals surface area contributed by atoms with Crippen LogP contribution in [0.2, 0.25) is 0 Å². The lowest BCUT2D eigenvalue weighted by Gasteiger charge is -2.24. The number of carbonyl (C=O) groups is 1. The van der Waals surface area contributed by atoms with Gasteiger partial charge in [0, 0.05) is 17.5 Å². The number of likely N-dealkylation sites (tertiary alicyclic amines) is 1. The number of hydrogen-bond acceptors (Lipinski definition) is 3. The number of rotatable bonds is 7. The standard InChI is InChI=1S/C28H33FN2OS/c1-5-31-14-6-7-22(31)17-30-28(32)19(3)27-18(2)25(24-13-10-21(29)16-26(24)27)15-20-8-11-23(33-4)12-9-20/h8-13,15-16,19,22H,5-7,14,17H2,1-4H3,(H,30,32)/b25-15-/t19?,22-/m0/s1. The van der Waals surface area contributed by atoms with Crippen LogP contribution in [0.3, 0.4) is 0 Å². The van der Waals surface area contributed by atoms with E-state index in [4.69, 9.17) is 0 Å². The van der Waals surface area contributed by atoms with Crippen LogP contribution in [-0.2, 0) is 4.79 Å². The number of likely N-dealkylation sites (N-methyl/N-ethyl adjacent to an activating group) is 1. The summed E-state index contributed by atoms with van der Waals surface area (Å²) in [7, 11) is 0. The van der Waals surface area contributed by atoms with Crippen molar-refractivity contribution in [3.63, 3.8) is 0 Å². The molecule has 1 unspecified atom stereocenters. The van der Waals surface area contributed by atoms with Gasteiger partial charge in [0.05, 0.1) is 5.92 Å². The number of benzene rings is 2. The van der Waals surface area contributed by atoms with Gasteiger partial charge in [0.25, 0.3) is 0 Å². The molecule has 2 atom stereocenters. The Morgan fingerprint density at radius 2 is 2.00 bits per heavy atom. The molecule has 0 aromatic heterocycles. The Morgan fingerprint density at radius 3 is 2.70 bits per heavy atom. The molecule has 2 aromatic carbocycles. The smallest absolute Gasteiger partial charge is 0.227 e. The fourth-order valence-electron chi connectivity index (χ4n) is 5.18. The van der Waals surface area contributed by atoms with Crippen molar-refractivity contribution in [2.75, 3.05) is 25.9 Å². The number of carbonyl (C=O) groups excluding carboxylic acids is 1. The van der Waals surface area contributed by atoms with Gasteiger partial charge in [-0.05, 0) is 110 Å². The molecular weight excluding hydrogens is 431 g/mol. The normalized spacial score (nSPS) is 20.4. The van der Waals surface area contributed by atoms with Gasteiger partial charge in [-0.1, -0.05) is 25.1 Å². The van der Waals surface area contributed by atoms with E-state index in [9.17, 15) is 9.18 Å². The van der Waals surface area contributed by atoms with E-state index in [0.717, 1.165) is 52.9 Å². The fourth-order valence-corrected chi connectivity index (χ4v) is 5.59. The molecule has 1 saturated heterocycles. The Labute approximate surface area is 201 Å². The maximum absolute atomic E-state index is 14.2. The minimum Gasteiger partial charge on any atom is -0.354 e. The van der Waals surface area contributed by atoms with E-state index in [0.29, 0.717) is 12.6 Å². The largest absolute Gasteiger partial charge is 0.354 e. The number of nitrogens with one attached hydrogen (secondary N) is 1. The van der Waals surface area contributed by atoms with Crippen LogP contribution >= 0.6 is 11.8 Å². The molecule has 4 rings (SSSR count). The van der Waals surface area contributed by atoms with Gasteiger partial charge < -0.3 is 5.32 Å². The SMILES string of the molecule is CCN1CCC[C@H]1CNC(=O)C(C)C1=C(C)/C(=C/c2ccc(SC)cc2)c2ccc(F)cc21. The van der Waals surface area contributed by atoms with Crippen LogP contribution in [0.1, 0.15) is 50.3 Å².